The molecule has 2 N–H and O–H groups in total. The lowest BCUT2D eigenvalue weighted by atomic mass is 9.78. The summed E-state index contributed by atoms with van der Waals surface area (Å²) in [4.78, 5) is 31.5. The molecule has 2 aliphatic rings. The number of amides is 2. The van der Waals surface area contributed by atoms with Gasteiger partial charge < -0.3 is 29.9 Å². The summed E-state index contributed by atoms with van der Waals surface area (Å²) in [7, 11) is 4.32. The van der Waals surface area contributed by atoms with Crippen molar-refractivity contribution in [2.24, 2.45) is 0 Å². The summed E-state index contributed by atoms with van der Waals surface area (Å²) in [5.41, 5.74) is 10.1. The maximum absolute atomic E-state index is 13.5. The predicted octanol–water partition coefficient (Wildman–Crippen LogP) is 12.3. The van der Waals surface area contributed by atoms with E-state index in [2.05, 4.69) is 118 Å². The zero-order chi connectivity index (χ0) is 46.4. The second-order valence-electron chi connectivity index (χ2n) is 20.2. The van der Waals surface area contributed by atoms with Crippen LogP contribution in [0.4, 0.5) is 11.4 Å². The number of carbonyl (C=O) groups is 2. The molecule has 0 spiro atoms. The average molecular weight is 883 g/mol. The Balaban J connectivity index is 0.932. The number of anilines is 2. The number of piperidine rings is 2. The summed E-state index contributed by atoms with van der Waals surface area (Å²) < 4.78 is 13.0. The van der Waals surface area contributed by atoms with Crippen molar-refractivity contribution in [1.82, 2.24) is 9.80 Å². The summed E-state index contributed by atoms with van der Waals surface area (Å²) >= 11 is 0. The largest absolute Gasteiger partial charge is 0.490 e. The maximum atomic E-state index is 13.5. The van der Waals surface area contributed by atoms with Crippen LogP contribution in [0.15, 0.2) is 140 Å². The molecule has 2 amide bonds. The molecule has 2 fully saturated rings. The third-order valence-corrected chi connectivity index (χ3v) is 13.3. The Hall–Kier alpha value is -6.22. The number of benzene rings is 6. The number of rotatable bonds is 13. The molecular formula is C58H66N4O4. The van der Waals surface area contributed by atoms with E-state index in [0.717, 1.165) is 115 Å². The molecule has 8 rings (SSSR count). The minimum absolute atomic E-state index is 0.0129. The van der Waals surface area contributed by atoms with Crippen LogP contribution in [-0.2, 0) is 17.3 Å². The quantitative estimate of drug-likeness (QED) is 0.120. The zero-order valence-corrected chi connectivity index (χ0v) is 39.8. The van der Waals surface area contributed by atoms with Crippen LogP contribution in [0, 0.1) is 0 Å². The van der Waals surface area contributed by atoms with E-state index < -0.39 is 0 Å². The molecule has 2 aliphatic heterocycles. The Labute approximate surface area is 392 Å². The monoisotopic (exact) mass is 883 g/mol. The van der Waals surface area contributed by atoms with Gasteiger partial charge in [0.2, 0.25) is 0 Å². The fourth-order valence-electron chi connectivity index (χ4n) is 9.05. The summed E-state index contributed by atoms with van der Waals surface area (Å²) in [6.45, 7) is 15.2. The molecule has 2 heterocycles. The first-order valence-electron chi connectivity index (χ1n) is 23.6. The van der Waals surface area contributed by atoms with Crippen LogP contribution in [0.2, 0.25) is 0 Å². The standard InChI is InChI=1S/C58H66N4O4/c1-57(2,3)47-19-11-43(12-20-47)56(64)60-50-10-8-9-45(37-50)46-35-40(36-54(38-46)66-53-29-33-62(7)34-30-53)39-58(4,5)48-21-13-44(14-22-48)55(63)59-49-23-15-41(16-24-49)42-17-25-51(26-18-42)65-52-27-31-61(6)32-28-52/h8-26,35-38,52-53H,27-34,39H2,1-7H3,(H,59,63)(H,60,64). The van der Waals surface area contributed by atoms with Gasteiger partial charge >= 0.3 is 0 Å². The van der Waals surface area contributed by atoms with Crippen molar-refractivity contribution in [3.05, 3.63) is 167 Å². The Kier molecular flexibility index (Phi) is 14.1. The normalized spacial score (nSPS) is 15.6. The van der Waals surface area contributed by atoms with Gasteiger partial charge in [0, 0.05) is 48.7 Å². The van der Waals surface area contributed by atoms with Crippen molar-refractivity contribution < 1.29 is 19.1 Å². The summed E-state index contributed by atoms with van der Waals surface area (Å²) in [5.74, 6) is 1.47. The van der Waals surface area contributed by atoms with Crippen LogP contribution in [0.3, 0.4) is 0 Å². The molecule has 8 nitrogen and oxygen atoms in total. The van der Waals surface area contributed by atoms with E-state index in [-0.39, 0.29) is 34.9 Å². The van der Waals surface area contributed by atoms with Crippen molar-refractivity contribution in [3.63, 3.8) is 0 Å². The van der Waals surface area contributed by atoms with Gasteiger partial charge in [0.1, 0.15) is 23.7 Å². The SMILES string of the molecule is CN1CCC(Oc2ccc(-c3ccc(NC(=O)c4ccc(C(C)(C)Cc5cc(OC6CCN(C)CC6)cc(-c6cccc(NC(=O)c7ccc(C(C)(C)C)cc7)c6)c5)cc4)cc3)cc2)CC1. The summed E-state index contributed by atoms with van der Waals surface area (Å²) in [6.07, 6.45) is 5.23. The predicted molar refractivity (Wildman–Crippen MR) is 270 cm³/mol. The first-order valence-corrected chi connectivity index (χ1v) is 23.6. The Morgan fingerprint density at radius 3 is 1.56 bits per heavy atom. The van der Waals surface area contributed by atoms with E-state index in [1.165, 1.54) is 5.56 Å². The molecule has 0 atom stereocenters. The second-order valence-corrected chi connectivity index (χ2v) is 20.2. The van der Waals surface area contributed by atoms with E-state index in [1.807, 2.05) is 91.0 Å². The van der Waals surface area contributed by atoms with E-state index in [4.69, 9.17) is 9.47 Å². The number of nitrogens with one attached hydrogen (secondary N) is 2. The molecule has 342 valence electrons. The average Bonchev–Trinajstić information content (AvgIpc) is 3.31. The molecule has 0 aliphatic carbocycles. The first-order chi connectivity index (χ1) is 31.6. The Bertz CT molecular complexity index is 2580. The van der Waals surface area contributed by atoms with Crippen LogP contribution >= 0.6 is 0 Å². The lowest BCUT2D eigenvalue weighted by molar-refractivity contribution is 0.101. The molecule has 2 saturated heterocycles. The van der Waals surface area contributed by atoms with Gasteiger partial charge in [-0.15, -0.1) is 0 Å². The van der Waals surface area contributed by atoms with Gasteiger partial charge in [-0.05, 0) is 169 Å². The number of likely N-dealkylation sites (tertiary alicyclic amines) is 2. The van der Waals surface area contributed by atoms with Gasteiger partial charge in [-0.25, -0.2) is 0 Å². The van der Waals surface area contributed by atoms with Gasteiger partial charge in [-0.3, -0.25) is 9.59 Å². The number of hydrogen-bond donors (Lipinski definition) is 2. The molecule has 66 heavy (non-hydrogen) atoms. The minimum atomic E-state index is -0.260. The van der Waals surface area contributed by atoms with Crippen LogP contribution in [0.1, 0.15) is 97.7 Å². The fourth-order valence-corrected chi connectivity index (χ4v) is 9.05. The van der Waals surface area contributed by atoms with Crippen molar-refractivity contribution in [1.29, 1.82) is 0 Å². The van der Waals surface area contributed by atoms with Crippen molar-refractivity contribution in [3.8, 4) is 33.8 Å². The van der Waals surface area contributed by atoms with E-state index in [0.29, 0.717) is 11.1 Å². The first kappa shape index (κ1) is 46.3. The number of hydrogen-bond acceptors (Lipinski definition) is 6. The third kappa shape index (κ3) is 12.0. The minimum Gasteiger partial charge on any atom is -0.490 e. The van der Waals surface area contributed by atoms with Crippen molar-refractivity contribution >= 4 is 23.2 Å². The Morgan fingerprint density at radius 2 is 1.02 bits per heavy atom. The summed E-state index contributed by atoms with van der Waals surface area (Å²) in [6, 6.07) is 46.7. The number of carbonyl (C=O) groups excluding carboxylic acids is 2. The Morgan fingerprint density at radius 1 is 0.515 bits per heavy atom. The topological polar surface area (TPSA) is 83.1 Å². The summed E-state index contributed by atoms with van der Waals surface area (Å²) in [5, 5.41) is 6.21. The van der Waals surface area contributed by atoms with E-state index >= 15 is 0 Å². The van der Waals surface area contributed by atoms with E-state index in [9.17, 15) is 9.59 Å². The highest BCUT2D eigenvalue weighted by atomic mass is 16.5. The lowest BCUT2D eigenvalue weighted by Gasteiger charge is -2.30. The van der Waals surface area contributed by atoms with Gasteiger partial charge in [-0.1, -0.05) is 101 Å². The number of nitrogens with zero attached hydrogens (tertiary/aromatic N) is 2. The molecular weight excluding hydrogens is 817 g/mol. The van der Waals surface area contributed by atoms with Crippen LogP contribution in [-0.4, -0.2) is 74.1 Å². The van der Waals surface area contributed by atoms with Gasteiger partial charge in [0.05, 0.1) is 0 Å². The van der Waals surface area contributed by atoms with Crippen molar-refractivity contribution in [2.75, 3.05) is 50.9 Å². The van der Waals surface area contributed by atoms with Crippen LogP contribution < -0.4 is 20.1 Å². The molecule has 0 unspecified atom stereocenters. The highest BCUT2D eigenvalue weighted by molar-refractivity contribution is 6.05. The highest BCUT2D eigenvalue weighted by Gasteiger charge is 2.25. The van der Waals surface area contributed by atoms with Crippen LogP contribution in [0.25, 0.3) is 22.3 Å². The molecule has 8 heteroatoms. The second kappa shape index (κ2) is 20.1. The van der Waals surface area contributed by atoms with Gasteiger partial charge in [0.25, 0.3) is 11.8 Å². The van der Waals surface area contributed by atoms with E-state index in [1.54, 1.807) is 0 Å². The van der Waals surface area contributed by atoms with Crippen LogP contribution in [0.5, 0.6) is 11.5 Å². The number of ether oxygens (including phenoxy) is 2. The molecule has 0 saturated carbocycles. The molecule has 0 aromatic heterocycles. The third-order valence-electron chi connectivity index (χ3n) is 13.3. The van der Waals surface area contributed by atoms with Gasteiger partial charge in [0.15, 0.2) is 0 Å². The molecule has 0 bridgehead atoms. The maximum Gasteiger partial charge on any atom is 0.255 e. The zero-order valence-electron chi connectivity index (χ0n) is 39.8. The molecule has 0 radical (unpaired) electrons. The molecule has 6 aromatic rings. The highest BCUT2D eigenvalue weighted by Crippen LogP contribution is 2.35. The van der Waals surface area contributed by atoms with Crippen molar-refractivity contribution in [2.45, 2.75) is 89.8 Å². The van der Waals surface area contributed by atoms with Gasteiger partial charge in [-0.2, -0.15) is 0 Å². The fraction of sp³-hybridized carbons (Fsp3) is 0.345. The smallest absolute Gasteiger partial charge is 0.255 e. The lowest BCUT2D eigenvalue weighted by Crippen LogP contribution is -2.35. The molecule has 6 aromatic carbocycles.